The summed E-state index contributed by atoms with van der Waals surface area (Å²) >= 11 is 0. The molecule has 3 rings (SSSR count). The molecule has 4 heteroatoms. The third-order valence-electron chi connectivity index (χ3n) is 4.70. The van der Waals surface area contributed by atoms with E-state index in [1.165, 1.54) is 5.56 Å². The topological polar surface area (TPSA) is 42.4 Å². The molecular weight excluding hydrogens is 312 g/mol. The van der Waals surface area contributed by atoms with Crippen molar-refractivity contribution in [2.75, 3.05) is 6.54 Å². The van der Waals surface area contributed by atoms with E-state index in [1.807, 2.05) is 43.9 Å². The van der Waals surface area contributed by atoms with Crippen LogP contribution in [0.2, 0.25) is 0 Å². The van der Waals surface area contributed by atoms with Crippen LogP contribution in [0.15, 0.2) is 49.2 Å². The van der Waals surface area contributed by atoms with Crippen LogP contribution in [0.25, 0.3) is 10.9 Å². The molecule has 2 aromatic rings. The Morgan fingerprint density at radius 1 is 1.40 bits per heavy atom. The smallest absolute Gasteiger partial charge is 0.411 e. The van der Waals surface area contributed by atoms with Crippen molar-refractivity contribution in [1.82, 2.24) is 9.88 Å². The fourth-order valence-corrected chi connectivity index (χ4v) is 3.55. The molecule has 1 aromatic heterocycles. The maximum absolute atomic E-state index is 12.7. The van der Waals surface area contributed by atoms with E-state index >= 15 is 0 Å². The monoisotopic (exact) mass is 338 g/mol. The average molecular weight is 338 g/mol. The highest BCUT2D eigenvalue weighted by Gasteiger charge is 2.43. The second-order valence-electron chi connectivity index (χ2n) is 7.75. The predicted molar refractivity (Wildman–Crippen MR) is 101 cm³/mol. The van der Waals surface area contributed by atoms with Gasteiger partial charge < -0.3 is 4.74 Å². The zero-order valence-corrected chi connectivity index (χ0v) is 15.3. The number of aromatic nitrogens is 1. The van der Waals surface area contributed by atoms with Crippen LogP contribution >= 0.6 is 0 Å². The maximum Gasteiger partial charge on any atom is 0.411 e. The lowest BCUT2D eigenvalue weighted by Gasteiger charge is -2.37. The molecule has 0 unspecified atom stereocenters. The lowest BCUT2D eigenvalue weighted by Crippen LogP contribution is -2.49. The Balaban J connectivity index is 1.88. The van der Waals surface area contributed by atoms with Gasteiger partial charge in [0.25, 0.3) is 0 Å². The quantitative estimate of drug-likeness (QED) is 0.760. The van der Waals surface area contributed by atoms with Gasteiger partial charge in [-0.2, -0.15) is 0 Å². The average Bonchev–Trinajstić information content (AvgIpc) is 2.97. The molecule has 4 nitrogen and oxygen atoms in total. The van der Waals surface area contributed by atoms with Gasteiger partial charge in [-0.15, -0.1) is 6.58 Å². The highest BCUT2D eigenvalue weighted by Crippen LogP contribution is 2.35. The molecule has 0 aliphatic carbocycles. The van der Waals surface area contributed by atoms with Crippen LogP contribution in [0.5, 0.6) is 0 Å². The van der Waals surface area contributed by atoms with Crippen LogP contribution in [-0.4, -0.2) is 33.7 Å². The number of benzene rings is 1. The van der Waals surface area contributed by atoms with Crippen LogP contribution < -0.4 is 0 Å². The molecule has 1 aliphatic heterocycles. The van der Waals surface area contributed by atoms with Crippen molar-refractivity contribution in [3.63, 3.8) is 0 Å². The van der Waals surface area contributed by atoms with E-state index < -0.39 is 11.1 Å². The summed E-state index contributed by atoms with van der Waals surface area (Å²) in [4.78, 5) is 18.9. The highest BCUT2D eigenvalue weighted by atomic mass is 16.6. The Hall–Kier alpha value is -2.36. The van der Waals surface area contributed by atoms with E-state index in [0.717, 1.165) is 30.2 Å². The molecule has 0 spiro atoms. The summed E-state index contributed by atoms with van der Waals surface area (Å²) in [5.41, 5.74) is 1.27. The number of carbonyl (C=O) groups excluding carboxylic acids is 1. The zero-order valence-electron chi connectivity index (χ0n) is 15.3. The third kappa shape index (κ3) is 3.68. The number of likely N-dealkylation sites (tertiary alicyclic amines) is 1. The molecule has 25 heavy (non-hydrogen) atoms. The van der Waals surface area contributed by atoms with Gasteiger partial charge in [-0.1, -0.05) is 18.2 Å². The molecule has 1 aliphatic rings. The molecule has 0 N–H and O–H groups in total. The third-order valence-corrected chi connectivity index (χ3v) is 4.70. The molecule has 1 atom stereocenters. The summed E-state index contributed by atoms with van der Waals surface area (Å²) in [7, 11) is 0. The fraction of sp³-hybridized carbons (Fsp3) is 0.429. The van der Waals surface area contributed by atoms with Crippen molar-refractivity contribution < 1.29 is 9.53 Å². The number of hydrogen-bond acceptors (Lipinski definition) is 3. The van der Waals surface area contributed by atoms with Crippen molar-refractivity contribution in [3.05, 3.63) is 54.7 Å². The summed E-state index contributed by atoms with van der Waals surface area (Å²) in [6.45, 7) is 10.4. The number of amides is 1. The first-order valence-electron chi connectivity index (χ1n) is 8.81. The predicted octanol–water partition coefficient (Wildman–Crippen LogP) is 4.73. The largest absolute Gasteiger partial charge is 0.444 e. The fourth-order valence-electron chi connectivity index (χ4n) is 3.55. The van der Waals surface area contributed by atoms with Gasteiger partial charge in [-0.25, -0.2) is 4.79 Å². The van der Waals surface area contributed by atoms with Crippen LogP contribution in [0.1, 0.15) is 39.2 Å². The molecule has 1 aromatic carbocycles. The first-order chi connectivity index (χ1) is 11.8. The lowest BCUT2D eigenvalue weighted by molar-refractivity contribution is 0.0148. The first kappa shape index (κ1) is 17.5. The number of rotatable bonds is 3. The van der Waals surface area contributed by atoms with Crippen molar-refractivity contribution in [2.45, 2.75) is 51.2 Å². The summed E-state index contributed by atoms with van der Waals surface area (Å²) in [6, 6.07) is 10.3. The molecule has 0 saturated carbocycles. The van der Waals surface area contributed by atoms with E-state index in [1.54, 1.807) is 6.20 Å². The van der Waals surface area contributed by atoms with Gasteiger partial charge in [0.05, 0.1) is 11.1 Å². The van der Waals surface area contributed by atoms with E-state index in [2.05, 4.69) is 29.8 Å². The van der Waals surface area contributed by atoms with Gasteiger partial charge in [-0.05, 0) is 63.8 Å². The molecule has 0 bridgehead atoms. The summed E-state index contributed by atoms with van der Waals surface area (Å²) in [5, 5.41) is 1.11. The van der Waals surface area contributed by atoms with E-state index in [0.29, 0.717) is 6.54 Å². The van der Waals surface area contributed by atoms with Crippen molar-refractivity contribution >= 4 is 17.0 Å². The van der Waals surface area contributed by atoms with Crippen molar-refractivity contribution in [2.24, 2.45) is 0 Å². The molecule has 0 radical (unpaired) electrons. The number of nitrogens with zero attached hydrogens (tertiary/aromatic N) is 2. The summed E-state index contributed by atoms with van der Waals surface area (Å²) in [5.74, 6) is 0. The normalized spacial score (nSPS) is 20.7. The Kier molecular flexibility index (Phi) is 4.55. The number of hydrogen-bond donors (Lipinski definition) is 0. The number of pyridine rings is 1. The number of fused-ring (bicyclic) bond motifs is 1. The summed E-state index contributed by atoms with van der Waals surface area (Å²) < 4.78 is 5.62. The van der Waals surface area contributed by atoms with Gasteiger partial charge in [0.15, 0.2) is 0 Å². The van der Waals surface area contributed by atoms with Crippen molar-refractivity contribution in [1.29, 1.82) is 0 Å². The Morgan fingerprint density at radius 3 is 2.92 bits per heavy atom. The Bertz CT molecular complexity index is 794. The molecule has 1 saturated heterocycles. The Morgan fingerprint density at radius 2 is 2.20 bits per heavy atom. The van der Waals surface area contributed by atoms with Gasteiger partial charge in [0, 0.05) is 18.1 Å². The zero-order chi connectivity index (χ0) is 18.1. The molecular formula is C21H26N2O2. The van der Waals surface area contributed by atoms with E-state index in [-0.39, 0.29) is 6.09 Å². The minimum Gasteiger partial charge on any atom is -0.444 e. The maximum atomic E-state index is 12.7. The summed E-state index contributed by atoms with van der Waals surface area (Å²) in [6.07, 6.45) is 6.06. The minimum atomic E-state index is -0.499. The van der Waals surface area contributed by atoms with E-state index in [4.69, 9.17) is 4.74 Å². The van der Waals surface area contributed by atoms with Crippen LogP contribution in [-0.2, 0) is 11.2 Å². The SMILES string of the molecule is C=C[C@]1(Cc2ccc3ncccc3c2)CCCN1C(=O)OC(C)(C)C. The lowest BCUT2D eigenvalue weighted by atomic mass is 9.88. The van der Waals surface area contributed by atoms with Crippen LogP contribution in [0.3, 0.4) is 0 Å². The van der Waals surface area contributed by atoms with Crippen LogP contribution in [0.4, 0.5) is 4.79 Å². The van der Waals surface area contributed by atoms with Gasteiger partial charge in [0.2, 0.25) is 0 Å². The minimum absolute atomic E-state index is 0.257. The Labute approximate surface area is 149 Å². The van der Waals surface area contributed by atoms with Gasteiger partial charge in [-0.3, -0.25) is 9.88 Å². The molecule has 1 fully saturated rings. The standard InChI is InChI=1S/C21H26N2O2/c1-5-21(11-7-13-23(21)19(24)25-20(2,3)4)15-16-9-10-18-17(14-16)8-6-12-22-18/h5-6,8-10,12,14H,1,7,11,13,15H2,2-4H3/t21-/m1/s1. The molecule has 132 valence electrons. The highest BCUT2D eigenvalue weighted by molar-refractivity contribution is 5.79. The van der Waals surface area contributed by atoms with E-state index in [9.17, 15) is 4.79 Å². The second kappa shape index (κ2) is 6.51. The van der Waals surface area contributed by atoms with Crippen molar-refractivity contribution in [3.8, 4) is 0 Å². The van der Waals surface area contributed by atoms with Crippen LogP contribution in [0, 0.1) is 0 Å². The number of carbonyl (C=O) groups is 1. The molecule has 1 amide bonds. The number of ether oxygens (including phenoxy) is 1. The molecule has 2 heterocycles. The second-order valence-corrected chi connectivity index (χ2v) is 7.75. The van der Waals surface area contributed by atoms with Gasteiger partial charge >= 0.3 is 6.09 Å². The first-order valence-corrected chi connectivity index (χ1v) is 8.81. The van der Waals surface area contributed by atoms with Gasteiger partial charge in [0.1, 0.15) is 5.60 Å².